The molecule has 0 heterocycles. The molecule has 0 aliphatic heterocycles. The summed E-state index contributed by atoms with van der Waals surface area (Å²) in [5.41, 5.74) is 4.80. The van der Waals surface area contributed by atoms with Crippen LogP contribution in [0.15, 0.2) is 48.5 Å². The molecule has 3 N–H and O–H groups in total. The van der Waals surface area contributed by atoms with Gasteiger partial charge < -0.3 is 20.5 Å². The summed E-state index contributed by atoms with van der Waals surface area (Å²) in [7, 11) is 0. The molecule has 0 saturated carbocycles. The number of carboxylic acid groups (broad SMARTS) is 1. The Hall–Kier alpha value is -3.35. The van der Waals surface area contributed by atoms with E-state index in [0.29, 0.717) is 32.4 Å². The zero-order chi connectivity index (χ0) is 25.0. The van der Waals surface area contributed by atoms with Crippen LogP contribution in [-0.2, 0) is 14.3 Å². The number of rotatable bonds is 14. The first-order chi connectivity index (χ1) is 17.0. The van der Waals surface area contributed by atoms with Crippen molar-refractivity contribution in [2.45, 2.75) is 70.3 Å². The first kappa shape index (κ1) is 26.3. The molecule has 1 aliphatic rings. The van der Waals surface area contributed by atoms with Crippen LogP contribution in [0.25, 0.3) is 11.1 Å². The highest BCUT2D eigenvalue weighted by atomic mass is 16.5. The summed E-state index contributed by atoms with van der Waals surface area (Å²) >= 11 is 0. The number of aliphatic carboxylic acids is 1. The molecule has 0 spiro atoms. The fourth-order valence-corrected chi connectivity index (χ4v) is 4.58. The average Bonchev–Trinajstić information content (AvgIpc) is 3.15. The van der Waals surface area contributed by atoms with Crippen molar-refractivity contribution in [3.8, 4) is 11.1 Å². The summed E-state index contributed by atoms with van der Waals surface area (Å²) in [5.74, 6) is -0.750. The van der Waals surface area contributed by atoms with Crippen LogP contribution in [0, 0.1) is 0 Å². The van der Waals surface area contributed by atoms with Crippen molar-refractivity contribution in [3.05, 3.63) is 59.7 Å². The van der Waals surface area contributed by atoms with E-state index in [4.69, 9.17) is 9.84 Å². The van der Waals surface area contributed by atoms with Gasteiger partial charge in [-0.25, -0.2) is 4.79 Å². The lowest BCUT2D eigenvalue weighted by Crippen LogP contribution is -2.32. The van der Waals surface area contributed by atoms with Crippen molar-refractivity contribution in [2.24, 2.45) is 0 Å². The molecule has 0 radical (unpaired) electrons. The van der Waals surface area contributed by atoms with E-state index in [1.165, 1.54) is 22.3 Å². The highest BCUT2D eigenvalue weighted by Crippen LogP contribution is 2.44. The molecule has 2 aromatic carbocycles. The van der Waals surface area contributed by atoms with E-state index >= 15 is 0 Å². The number of ether oxygens (including phenoxy) is 1. The molecule has 35 heavy (non-hydrogen) atoms. The van der Waals surface area contributed by atoms with Gasteiger partial charge in [0.2, 0.25) is 5.91 Å². The van der Waals surface area contributed by atoms with E-state index in [9.17, 15) is 14.4 Å². The molecule has 3 rings (SSSR count). The molecule has 1 aliphatic carbocycles. The molecule has 0 fully saturated rings. The Kier molecular flexibility index (Phi) is 10.1. The number of nitrogens with one attached hydrogen (secondary N) is 2. The maximum absolute atomic E-state index is 12.2. The van der Waals surface area contributed by atoms with Crippen LogP contribution in [0.3, 0.4) is 0 Å². The van der Waals surface area contributed by atoms with Crippen LogP contribution in [0.5, 0.6) is 0 Å². The van der Waals surface area contributed by atoms with Crippen LogP contribution in [0.1, 0.15) is 75.3 Å². The van der Waals surface area contributed by atoms with Gasteiger partial charge in [0.15, 0.2) is 0 Å². The van der Waals surface area contributed by atoms with Gasteiger partial charge in [-0.3, -0.25) is 9.59 Å². The quantitative estimate of drug-likeness (QED) is 0.321. The maximum atomic E-state index is 12.2. The second-order valence-electron chi connectivity index (χ2n) is 9.17. The molecule has 0 aromatic heterocycles. The van der Waals surface area contributed by atoms with E-state index in [0.717, 1.165) is 25.7 Å². The average molecular weight is 481 g/mol. The summed E-state index contributed by atoms with van der Waals surface area (Å²) in [6.45, 7) is 2.75. The first-order valence-corrected chi connectivity index (χ1v) is 12.6. The molecule has 1 unspecified atom stereocenters. The third-order valence-electron chi connectivity index (χ3n) is 6.38. The molecule has 0 bridgehead atoms. The van der Waals surface area contributed by atoms with Crippen molar-refractivity contribution in [1.82, 2.24) is 10.6 Å². The van der Waals surface area contributed by atoms with Gasteiger partial charge in [-0.15, -0.1) is 0 Å². The maximum Gasteiger partial charge on any atom is 0.407 e. The van der Waals surface area contributed by atoms with Gasteiger partial charge >= 0.3 is 12.1 Å². The van der Waals surface area contributed by atoms with E-state index in [2.05, 4.69) is 34.9 Å². The Labute approximate surface area is 207 Å². The third-order valence-corrected chi connectivity index (χ3v) is 6.38. The predicted molar refractivity (Wildman–Crippen MR) is 135 cm³/mol. The highest BCUT2D eigenvalue weighted by molar-refractivity contribution is 5.79. The largest absolute Gasteiger partial charge is 0.481 e. The Morgan fingerprint density at radius 3 is 2.17 bits per heavy atom. The predicted octanol–water partition coefficient (Wildman–Crippen LogP) is 5.24. The number of benzene rings is 2. The summed E-state index contributed by atoms with van der Waals surface area (Å²) in [6, 6.07) is 16.5. The molecular formula is C28H36N2O5. The molecule has 7 heteroatoms. The second kappa shape index (κ2) is 13.5. The van der Waals surface area contributed by atoms with Crippen molar-refractivity contribution in [2.75, 3.05) is 13.2 Å². The molecule has 7 nitrogen and oxygen atoms in total. The van der Waals surface area contributed by atoms with Gasteiger partial charge in [0, 0.05) is 31.3 Å². The lowest BCUT2D eigenvalue weighted by Gasteiger charge is -2.14. The molecule has 1 atom stereocenters. The normalized spacial score (nSPS) is 12.9. The van der Waals surface area contributed by atoms with E-state index in [1.54, 1.807) is 0 Å². The number of alkyl carbamates (subject to hydrolysis) is 1. The van der Waals surface area contributed by atoms with Crippen LogP contribution in [-0.4, -0.2) is 42.3 Å². The van der Waals surface area contributed by atoms with Gasteiger partial charge in [0.1, 0.15) is 6.61 Å². The van der Waals surface area contributed by atoms with E-state index in [-0.39, 0.29) is 24.3 Å². The second-order valence-corrected chi connectivity index (χ2v) is 9.17. The fourth-order valence-electron chi connectivity index (χ4n) is 4.58. The van der Waals surface area contributed by atoms with Crippen LogP contribution in [0.4, 0.5) is 4.79 Å². The third kappa shape index (κ3) is 8.12. The lowest BCUT2D eigenvalue weighted by atomic mass is 9.98. The van der Waals surface area contributed by atoms with E-state index < -0.39 is 12.1 Å². The minimum atomic E-state index is -0.809. The zero-order valence-corrected chi connectivity index (χ0v) is 20.4. The highest BCUT2D eigenvalue weighted by Gasteiger charge is 2.28. The number of hydrogen-bond acceptors (Lipinski definition) is 4. The number of carboxylic acids is 1. The topological polar surface area (TPSA) is 105 Å². The van der Waals surface area contributed by atoms with Crippen molar-refractivity contribution in [1.29, 1.82) is 0 Å². The van der Waals surface area contributed by atoms with Gasteiger partial charge in [-0.1, -0.05) is 61.4 Å². The Balaban J connectivity index is 1.25. The minimum absolute atomic E-state index is 0.00425. The fraction of sp³-hybridized carbons (Fsp3) is 0.464. The summed E-state index contributed by atoms with van der Waals surface area (Å²) in [5, 5.41) is 14.4. The Morgan fingerprint density at radius 1 is 0.886 bits per heavy atom. The standard InChI is InChI=1S/C28H36N2O5/c1-20(11-10-17-27(32)33)30-26(31)16-4-2-3-9-18-29-28(34)35-19-25-23-14-7-5-12-21(23)22-13-6-8-15-24(22)25/h5-8,12-15,20,25H,2-4,9-11,16-19H2,1H3,(H,29,34)(H,30,31)(H,32,33). The van der Waals surface area contributed by atoms with Crippen molar-refractivity contribution in [3.63, 3.8) is 0 Å². The van der Waals surface area contributed by atoms with Crippen molar-refractivity contribution >= 4 is 18.0 Å². The number of fused-ring (bicyclic) bond motifs is 3. The van der Waals surface area contributed by atoms with Crippen LogP contribution >= 0.6 is 0 Å². The van der Waals surface area contributed by atoms with Crippen LogP contribution < -0.4 is 10.6 Å². The summed E-state index contributed by atoms with van der Waals surface area (Å²) in [4.78, 5) is 34.7. The minimum Gasteiger partial charge on any atom is -0.481 e. The molecule has 188 valence electrons. The zero-order valence-electron chi connectivity index (χ0n) is 20.4. The molecule has 2 amide bonds. The molecule has 0 saturated heterocycles. The van der Waals surface area contributed by atoms with Gasteiger partial charge in [-0.05, 0) is 54.9 Å². The number of hydrogen-bond donors (Lipinski definition) is 3. The van der Waals surface area contributed by atoms with E-state index in [1.807, 2.05) is 31.2 Å². The van der Waals surface area contributed by atoms with Gasteiger partial charge in [0.05, 0.1) is 0 Å². The lowest BCUT2D eigenvalue weighted by molar-refractivity contribution is -0.137. The molecule has 2 aromatic rings. The Bertz CT molecular complexity index is 961. The first-order valence-electron chi connectivity index (χ1n) is 12.6. The Morgan fingerprint density at radius 2 is 1.51 bits per heavy atom. The van der Waals surface area contributed by atoms with Gasteiger partial charge in [0.25, 0.3) is 0 Å². The SMILES string of the molecule is CC(CCCC(=O)O)NC(=O)CCCCCCNC(=O)OCC1c2ccccc2-c2ccccc21. The molecular weight excluding hydrogens is 444 g/mol. The van der Waals surface area contributed by atoms with Gasteiger partial charge in [-0.2, -0.15) is 0 Å². The number of carbonyl (C=O) groups excluding carboxylic acids is 2. The number of amides is 2. The van der Waals surface area contributed by atoms with Crippen LogP contribution in [0.2, 0.25) is 0 Å². The summed E-state index contributed by atoms with van der Waals surface area (Å²) in [6.07, 6.45) is 4.87. The van der Waals surface area contributed by atoms with Crippen molar-refractivity contribution < 1.29 is 24.2 Å². The number of unbranched alkanes of at least 4 members (excludes halogenated alkanes) is 3. The smallest absolute Gasteiger partial charge is 0.407 e. The monoisotopic (exact) mass is 480 g/mol. The summed E-state index contributed by atoms with van der Waals surface area (Å²) < 4.78 is 5.54. The number of carbonyl (C=O) groups is 3.